The van der Waals surface area contributed by atoms with Gasteiger partial charge in [0.2, 0.25) is 0 Å². The number of benzene rings is 1. The molecule has 0 radical (unpaired) electrons. The van der Waals surface area contributed by atoms with E-state index in [0.29, 0.717) is 13.2 Å². The van der Waals surface area contributed by atoms with Crippen molar-refractivity contribution in [3.05, 3.63) is 35.9 Å². The van der Waals surface area contributed by atoms with E-state index in [1.54, 1.807) is 0 Å². The van der Waals surface area contributed by atoms with Crippen LogP contribution in [0.5, 0.6) is 0 Å². The average molecular weight is 265 g/mol. The molecule has 0 aliphatic carbocycles. The van der Waals surface area contributed by atoms with E-state index in [4.69, 9.17) is 4.74 Å². The van der Waals surface area contributed by atoms with Gasteiger partial charge in [-0.15, -0.1) is 0 Å². The second-order valence-corrected chi connectivity index (χ2v) is 4.88. The van der Waals surface area contributed by atoms with Gasteiger partial charge in [0.1, 0.15) is 0 Å². The molecule has 0 aliphatic heterocycles. The molecule has 0 aromatic heterocycles. The summed E-state index contributed by atoms with van der Waals surface area (Å²) < 4.78 is 5.37. The molecule has 0 heterocycles. The molecule has 1 aromatic rings. The summed E-state index contributed by atoms with van der Waals surface area (Å²) in [7, 11) is 0. The molecular formula is C16H27NO2. The van der Waals surface area contributed by atoms with Crippen LogP contribution in [0.2, 0.25) is 0 Å². The van der Waals surface area contributed by atoms with Crippen molar-refractivity contribution in [2.75, 3.05) is 26.3 Å². The fourth-order valence-electron chi connectivity index (χ4n) is 1.86. The van der Waals surface area contributed by atoms with E-state index in [1.807, 2.05) is 6.07 Å². The predicted octanol–water partition coefficient (Wildman–Crippen LogP) is 2.39. The smallest absolute Gasteiger partial charge is 0.0897 e. The van der Waals surface area contributed by atoms with Crippen LogP contribution in [0.15, 0.2) is 30.3 Å². The molecule has 108 valence electrons. The molecule has 0 amide bonds. The van der Waals surface area contributed by atoms with Gasteiger partial charge < -0.3 is 15.2 Å². The van der Waals surface area contributed by atoms with E-state index in [1.165, 1.54) is 5.56 Å². The normalized spacial score (nSPS) is 12.5. The average Bonchev–Trinajstić information content (AvgIpc) is 2.44. The van der Waals surface area contributed by atoms with Crippen molar-refractivity contribution in [2.24, 2.45) is 0 Å². The van der Waals surface area contributed by atoms with E-state index in [9.17, 15) is 5.11 Å². The summed E-state index contributed by atoms with van der Waals surface area (Å²) in [4.78, 5) is 0. The Hall–Kier alpha value is -0.900. The quantitative estimate of drug-likeness (QED) is 0.604. The maximum Gasteiger partial charge on any atom is 0.0897 e. The molecule has 0 saturated carbocycles. The third-order valence-electron chi connectivity index (χ3n) is 2.99. The number of rotatable bonds is 11. The third-order valence-corrected chi connectivity index (χ3v) is 2.99. The number of hydrogen-bond donors (Lipinski definition) is 2. The van der Waals surface area contributed by atoms with Crippen LogP contribution in [0.4, 0.5) is 0 Å². The minimum Gasteiger partial charge on any atom is -0.389 e. The summed E-state index contributed by atoms with van der Waals surface area (Å²) >= 11 is 0. The van der Waals surface area contributed by atoms with Gasteiger partial charge in [-0.1, -0.05) is 43.7 Å². The van der Waals surface area contributed by atoms with Crippen LogP contribution in [0.1, 0.15) is 31.7 Å². The first-order valence-corrected chi connectivity index (χ1v) is 7.33. The Morgan fingerprint density at radius 3 is 2.74 bits per heavy atom. The Labute approximate surface area is 117 Å². The number of ether oxygens (including phenoxy) is 1. The molecule has 0 aliphatic rings. The fraction of sp³-hybridized carbons (Fsp3) is 0.625. The summed E-state index contributed by atoms with van der Waals surface area (Å²) in [6, 6.07) is 10.5. The van der Waals surface area contributed by atoms with Crippen LogP contribution >= 0.6 is 0 Å². The van der Waals surface area contributed by atoms with Crippen LogP contribution in [-0.2, 0) is 11.2 Å². The zero-order valence-corrected chi connectivity index (χ0v) is 12.0. The second-order valence-electron chi connectivity index (χ2n) is 4.88. The molecule has 1 aromatic carbocycles. The Kier molecular flexibility index (Phi) is 9.33. The Morgan fingerprint density at radius 2 is 2.00 bits per heavy atom. The number of aliphatic hydroxyl groups excluding tert-OH is 1. The summed E-state index contributed by atoms with van der Waals surface area (Å²) in [5, 5.41) is 12.9. The van der Waals surface area contributed by atoms with Gasteiger partial charge in [0.15, 0.2) is 0 Å². The van der Waals surface area contributed by atoms with Crippen molar-refractivity contribution in [3.8, 4) is 0 Å². The van der Waals surface area contributed by atoms with Gasteiger partial charge in [0.05, 0.1) is 12.7 Å². The molecule has 19 heavy (non-hydrogen) atoms. The van der Waals surface area contributed by atoms with Crippen LogP contribution in [0, 0.1) is 0 Å². The standard InChI is InChI=1S/C16H27NO2/c1-2-3-12-19-14-16(18)13-17-11-7-10-15-8-5-4-6-9-15/h4-6,8-9,16-18H,2-3,7,10-14H2,1H3. The Balaban J connectivity index is 1.92. The van der Waals surface area contributed by atoms with E-state index in [0.717, 1.165) is 38.8 Å². The first kappa shape index (κ1) is 16.2. The summed E-state index contributed by atoms with van der Waals surface area (Å²) in [5.41, 5.74) is 1.37. The van der Waals surface area contributed by atoms with Crippen LogP contribution in [0.25, 0.3) is 0 Å². The second kappa shape index (κ2) is 11.0. The number of hydrogen-bond acceptors (Lipinski definition) is 3. The molecule has 3 nitrogen and oxygen atoms in total. The van der Waals surface area contributed by atoms with Crippen molar-refractivity contribution < 1.29 is 9.84 Å². The highest BCUT2D eigenvalue weighted by Gasteiger charge is 2.03. The van der Waals surface area contributed by atoms with Gasteiger partial charge >= 0.3 is 0 Å². The maximum absolute atomic E-state index is 9.68. The number of unbranched alkanes of at least 4 members (excludes halogenated alkanes) is 1. The highest BCUT2D eigenvalue weighted by atomic mass is 16.5. The largest absolute Gasteiger partial charge is 0.389 e. The zero-order chi connectivity index (χ0) is 13.8. The molecule has 1 rings (SSSR count). The monoisotopic (exact) mass is 265 g/mol. The van der Waals surface area contributed by atoms with E-state index in [2.05, 4.69) is 36.5 Å². The summed E-state index contributed by atoms with van der Waals surface area (Å²) in [6.45, 7) is 4.86. The minimum atomic E-state index is -0.395. The highest BCUT2D eigenvalue weighted by molar-refractivity contribution is 5.14. The van der Waals surface area contributed by atoms with Crippen LogP contribution in [-0.4, -0.2) is 37.5 Å². The lowest BCUT2D eigenvalue weighted by Crippen LogP contribution is -2.31. The van der Waals surface area contributed by atoms with Crippen LogP contribution < -0.4 is 5.32 Å². The number of nitrogens with one attached hydrogen (secondary N) is 1. The van der Waals surface area contributed by atoms with Crippen molar-refractivity contribution >= 4 is 0 Å². The Bertz CT molecular complexity index is 303. The minimum absolute atomic E-state index is 0.395. The van der Waals surface area contributed by atoms with Crippen molar-refractivity contribution in [3.63, 3.8) is 0 Å². The summed E-state index contributed by atoms with van der Waals surface area (Å²) in [6.07, 6.45) is 3.98. The van der Waals surface area contributed by atoms with Crippen molar-refractivity contribution in [2.45, 2.75) is 38.7 Å². The van der Waals surface area contributed by atoms with Gasteiger partial charge in [0, 0.05) is 13.2 Å². The van der Waals surface area contributed by atoms with E-state index < -0.39 is 6.10 Å². The van der Waals surface area contributed by atoms with E-state index >= 15 is 0 Å². The lowest BCUT2D eigenvalue weighted by Gasteiger charge is -2.12. The molecule has 1 unspecified atom stereocenters. The first-order valence-electron chi connectivity index (χ1n) is 7.33. The van der Waals surface area contributed by atoms with Gasteiger partial charge in [-0.05, 0) is 31.4 Å². The fourth-order valence-corrected chi connectivity index (χ4v) is 1.86. The van der Waals surface area contributed by atoms with Crippen molar-refractivity contribution in [1.82, 2.24) is 5.32 Å². The zero-order valence-electron chi connectivity index (χ0n) is 12.0. The first-order chi connectivity index (χ1) is 9.33. The Morgan fingerprint density at radius 1 is 1.21 bits per heavy atom. The maximum atomic E-state index is 9.68. The van der Waals surface area contributed by atoms with Gasteiger partial charge in [0.25, 0.3) is 0 Å². The third kappa shape index (κ3) is 8.76. The topological polar surface area (TPSA) is 41.5 Å². The number of aryl methyl sites for hydroxylation is 1. The lowest BCUT2D eigenvalue weighted by atomic mass is 10.1. The SMILES string of the molecule is CCCCOCC(O)CNCCCc1ccccc1. The van der Waals surface area contributed by atoms with Crippen molar-refractivity contribution in [1.29, 1.82) is 0 Å². The molecular weight excluding hydrogens is 238 g/mol. The van der Waals surface area contributed by atoms with E-state index in [-0.39, 0.29) is 0 Å². The molecule has 0 fully saturated rings. The van der Waals surface area contributed by atoms with Gasteiger partial charge in [-0.3, -0.25) is 0 Å². The highest BCUT2D eigenvalue weighted by Crippen LogP contribution is 2.01. The van der Waals surface area contributed by atoms with Gasteiger partial charge in [-0.2, -0.15) is 0 Å². The molecule has 0 spiro atoms. The molecule has 2 N–H and O–H groups in total. The number of aliphatic hydroxyl groups is 1. The predicted molar refractivity (Wildman–Crippen MR) is 79.4 cm³/mol. The molecule has 0 bridgehead atoms. The molecule has 0 saturated heterocycles. The summed E-state index contributed by atoms with van der Waals surface area (Å²) in [5.74, 6) is 0. The van der Waals surface area contributed by atoms with Gasteiger partial charge in [-0.25, -0.2) is 0 Å². The molecule has 1 atom stereocenters. The molecule has 3 heteroatoms. The lowest BCUT2D eigenvalue weighted by molar-refractivity contribution is 0.0360. The van der Waals surface area contributed by atoms with Crippen LogP contribution in [0.3, 0.4) is 0 Å².